The largest absolute Gasteiger partial charge is 0.378 e. The number of carbonyl (C=O) groups is 2. The van der Waals surface area contributed by atoms with Gasteiger partial charge in [-0.05, 0) is 31.0 Å². The van der Waals surface area contributed by atoms with Crippen LogP contribution in [0.2, 0.25) is 0 Å². The summed E-state index contributed by atoms with van der Waals surface area (Å²) in [6, 6.07) is 7.73. The van der Waals surface area contributed by atoms with Gasteiger partial charge in [-0.25, -0.2) is 0 Å². The number of ether oxygens (including phenoxy) is 1. The summed E-state index contributed by atoms with van der Waals surface area (Å²) in [5, 5.41) is 0. The highest BCUT2D eigenvalue weighted by atomic mass is 16.5. The van der Waals surface area contributed by atoms with Gasteiger partial charge in [0.2, 0.25) is 5.91 Å². The summed E-state index contributed by atoms with van der Waals surface area (Å²) in [4.78, 5) is 31.3. The number of rotatable bonds is 4. The minimum atomic E-state index is -0.144. The van der Waals surface area contributed by atoms with Crippen molar-refractivity contribution in [1.29, 1.82) is 0 Å². The van der Waals surface area contributed by atoms with Gasteiger partial charge >= 0.3 is 0 Å². The molecule has 0 N–H and O–H groups in total. The van der Waals surface area contributed by atoms with Crippen LogP contribution in [0.5, 0.6) is 0 Å². The number of amides is 2. The maximum Gasteiger partial charge on any atom is 0.253 e. The van der Waals surface area contributed by atoms with Crippen LogP contribution in [0, 0.1) is 0 Å². The Hall–Kier alpha value is -1.92. The average Bonchev–Trinajstić information content (AvgIpc) is 2.73. The molecule has 2 aliphatic rings. The second-order valence-corrected chi connectivity index (χ2v) is 6.99. The zero-order valence-electron chi connectivity index (χ0n) is 15.8. The Labute approximate surface area is 155 Å². The Balaban J connectivity index is 1.52. The van der Waals surface area contributed by atoms with E-state index in [1.165, 1.54) is 5.56 Å². The standard InChI is InChI=1S/C20H29N3O3/c1-3-17-4-6-18(7-5-17)20(25)22-10-8-21(9-11-22)16(2)19(24)23-12-14-26-15-13-23/h4-7,16H,3,8-15H2,1-2H3. The third kappa shape index (κ3) is 4.24. The smallest absolute Gasteiger partial charge is 0.253 e. The van der Waals surface area contributed by atoms with Gasteiger partial charge < -0.3 is 14.5 Å². The molecular formula is C20H29N3O3. The fourth-order valence-electron chi connectivity index (χ4n) is 3.58. The first-order valence-corrected chi connectivity index (χ1v) is 9.59. The number of carbonyl (C=O) groups excluding carboxylic acids is 2. The number of piperazine rings is 1. The molecule has 1 unspecified atom stereocenters. The SMILES string of the molecule is CCc1ccc(C(=O)N2CCN(C(C)C(=O)N3CCOCC3)CC2)cc1. The molecule has 1 atom stereocenters. The number of benzene rings is 1. The highest BCUT2D eigenvalue weighted by molar-refractivity contribution is 5.94. The molecule has 2 saturated heterocycles. The lowest BCUT2D eigenvalue weighted by Gasteiger charge is -2.39. The van der Waals surface area contributed by atoms with Crippen molar-refractivity contribution in [2.24, 2.45) is 0 Å². The lowest BCUT2D eigenvalue weighted by molar-refractivity contribution is -0.141. The second kappa shape index (κ2) is 8.64. The molecular weight excluding hydrogens is 330 g/mol. The molecule has 0 aliphatic carbocycles. The Morgan fingerprint density at radius 3 is 2.15 bits per heavy atom. The lowest BCUT2D eigenvalue weighted by Crippen LogP contribution is -2.56. The molecule has 26 heavy (non-hydrogen) atoms. The zero-order valence-corrected chi connectivity index (χ0v) is 15.8. The number of hydrogen-bond acceptors (Lipinski definition) is 4. The highest BCUT2D eigenvalue weighted by Crippen LogP contribution is 2.14. The number of hydrogen-bond donors (Lipinski definition) is 0. The first kappa shape index (κ1) is 18.9. The van der Waals surface area contributed by atoms with Crippen LogP contribution >= 0.6 is 0 Å². The van der Waals surface area contributed by atoms with Crippen molar-refractivity contribution in [2.75, 3.05) is 52.5 Å². The molecule has 0 saturated carbocycles. The Bertz CT molecular complexity index is 618. The quantitative estimate of drug-likeness (QED) is 0.812. The van der Waals surface area contributed by atoms with E-state index in [-0.39, 0.29) is 17.9 Å². The van der Waals surface area contributed by atoms with E-state index in [0.29, 0.717) is 39.4 Å². The van der Waals surface area contributed by atoms with Crippen LogP contribution in [0.25, 0.3) is 0 Å². The number of morpholine rings is 1. The van der Waals surface area contributed by atoms with E-state index in [4.69, 9.17) is 4.74 Å². The fraction of sp³-hybridized carbons (Fsp3) is 0.600. The van der Waals surface area contributed by atoms with Crippen LogP contribution in [-0.4, -0.2) is 85.0 Å². The Morgan fingerprint density at radius 2 is 1.58 bits per heavy atom. The molecule has 2 heterocycles. The molecule has 2 fully saturated rings. The highest BCUT2D eigenvalue weighted by Gasteiger charge is 2.30. The van der Waals surface area contributed by atoms with Crippen molar-refractivity contribution in [3.8, 4) is 0 Å². The molecule has 0 bridgehead atoms. The predicted molar refractivity (Wildman–Crippen MR) is 100 cm³/mol. The van der Waals surface area contributed by atoms with E-state index in [2.05, 4.69) is 11.8 Å². The number of aryl methyl sites for hydroxylation is 1. The Morgan fingerprint density at radius 1 is 0.962 bits per heavy atom. The summed E-state index contributed by atoms with van der Waals surface area (Å²) < 4.78 is 5.32. The third-order valence-electron chi connectivity index (χ3n) is 5.44. The van der Waals surface area contributed by atoms with Crippen molar-refractivity contribution >= 4 is 11.8 Å². The summed E-state index contributed by atoms with van der Waals surface area (Å²) in [7, 11) is 0. The third-order valence-corrected chi connectivity index (χ3v) is 5.44. The van der Waals surface area contributed by atoms with Crippen LogP contribution in [-0.2, 0) is 16.0 Å². The van der Waals surface area contributed by atoms with Gasteiger partial charge in [-0.2, -0.15) is 0 Å². The van der Waals surface area contributed by atoms with Crippen molar-refractivity contribution < 1.29 is 14.3 Å². The first-order chi connectivity index (χ1) is 12.6. The van der Waals surface area contributed by atoms with Crippen molar-refractivity contribution in [3.05, 3.63) is 35.4 Å². The predicted octanol–water partition coefficient (Wildman–Crippen LogP) is 1.25. The van der Waals surface area contributed by atoms with Gasteiger partial charge in [0.15, 0.2) is 0 Å². The van der Waals surface area contributed by atoms with Gasteiger partial charge in [0.1, 0.15) is 0 Å². The van der Waals surface area contributed by atoms with E-state index in [1.54, 1.807) is 0 Å². The molecule has 0 spiro atoms. The first-order valence-electron chi connectivity index (χ1n) is 9.59. The van der Waals surface area contributed by atoms with Crippen molar-refractivity contribution in [3.63, 3.8) is 0 Å². The molecule has 3 rings (SSSR count). The van der Waals surface area contributed by atoms with Gasteiger partial charge in [-0.15, -0.1) is 0 Å². The van der Waals surface area contributed by atoms with Gasteiger partial charge in [0.25, 0.3) is 5.91 Å². The molecule has 0 radical (unpaired) electrons. The van der Waals surface area contributed by atoms with E-state index >= 15 is 0 Å². The van der Waals surface area contributed by atoms with Gasteiger partial charge in [0.05, 0.1) is 19.3 Å². The van der Waals surface area contributed by atoms with Gasteiger partial charge in [-0.3, -0.25) is 14.5 Å². The maximum atomic E-state index is 12.7. The van der Waals surface area contributed by atoms with Crippen LogP contribution in [0.4, 0.5) is 0 Å². The molecule has 2 aliphatic heterocycles. The molecule has 0 aromatic heterocycles. The van der Waals surface area contributed by atoms with Crippen molar-refractivity contribution in [2.45, 2.75) is 26.3 Å². The second-order valence-electron chi connectivity index (χ2n) is 6.99. The van der Waals surface area contributed by atoms with E-state index < -0.39 is 0 Å². The molecule has 2 amide bonds. The molecule has 6 nitrogen and oxygen atoms in total. The van der Waals surface area contributed by atoms with E-state index in [0.717, 1.165) is 25.1 Å². The van der Waals surface area contributed by atoms with E-state index in [9.17, 15) is 9.59 Å². The van der Waals surface area contributed by atoms with Crippen LogP contribution in [0.3, 0.4) is 0 Å². The zero-order chi connectivity index (χ0) is 18.5. The number of nitrogens with zero attached hydrogens (tertiary/aromatic N) is 3. The minimum absolute atomic E-state index is 0.0828. The minimum Gasteiger partial charge on any atom is -0.378 e. The summed E-state index contributed by atoms with van der Waals surface area (Å²) in [5.74, 6) is 0.252. The van der Waals surface area contributed by atoms with Gasteiger partial charge in [-0.1, -0.05) is 19.1 Å². The average molecular weight is 359 g/mol. The summed E-state index contributed by atoms with van der Waals surface area (Å²) in [5.41, 5.74) is 1.98. The van der Waals surface area contributed by atoms with Crippen LogP contribution < -0.4 is 0 Å². The van der Waals surface area contributed by atoms with E-state index in [1.807, 2.05) is 41.0 Å². The molecule has 6 heteroatoms. The molecule has 142 valence electrons. The maximum absolute atomic E-state index is 12.7. The Kier molecular flexibility index (Phi) is 6.27. The molecule has 1 aromatic carbocycles. The van der Waals surface area contributed by atoms with Crippen LogP contribution in [0.1, 0.15) is 29.8 Å². The van der Waals surface area contributed by atoms with Crippen LogP contribution in [0.15, 0.2) is 24.3 Å². The van der Waals surface area contributed by atoms with Gasteiger partial charge in [0, 0.05) is 44.8 Å². The summed E-state index contributed by atoms with van der Waals surface area (Å²) >= 11 is 0. The topological polar surface area (TPSA) is 53.1 Å². The lowest BCUT2D eigenvalue weighted by atomic mass is 10.1. The normalized spacial score (nSPS) is 20.1. The fourth-order valence-corrected chi connectivity index (χ4v) is 3.58. The summed E-state index contributed by atoms with van der Waals surface area (Å²) in [6.45, 7) is 9.46. The summed E-state index contributed by atoms with van der Waals surface area (Å²) in [6.07, 6.45) is 0.974. The van der Waals surface area contributed by atoms with Crippen molar-refractivity contribution in [1.82, 2.24) is 14.7 Å². The molecule has 1 aromatic rings. The monoisotopic (exact) mass is 359 g/mol.